The van der Waals surface area contributed by atoms with Gasteiger partial charge in [-0.1, -0.05) is 31.2 Å². The molecule has 3 rings (SSSR count). The molecule has 0 fully saturated rings. The van der Waals surface area contributed by atoms with Crippen molar-refractivity contribution < 1.29 is 9.90 Å². The van der Waals surface area contributed by atoms with Crippen LogP contribution in [0.5, 0.6) is 0 Å². The van der Waals surface area contributed by atoms with E-state index in [1.54, 1.807) is 5.38 Å². The molecule has 25 heavy (non-hydrogen) atoms. The first-order chi connectivity index (χ1) is 11.8. The number of aromatic nitrogens is 2. The smallest absolute Gasteiger partial charge is 0.330 e. The van der Waals surface area contributed by atoms with E-state index in [0.29, 0.717) is 15.8 Å². The van der Waals surface area contributed by atoms with E-state index in [-0.39, 0.29) is 0 Å². The molecule has 0 saturated heterocycles. The summed E-state index contributed by atoms with van der Waals surface area (Å²) >= 11 is 1.26. The first-order valence-electron chi connectivity index (χ1n) is 7.87. The number of fused-ring (bicyclic) bond motifs is 1. The third kappa shape index (κ3) is 2.70. The molecule has 0 spiro atoms. The molecule has 6 nitrogen and oxygen atoms in total. The number of aromatic amines is 1. The van der Waals surface area contributed by atoms with Crippen LogP contribution in [0.3, 0.4) is 0 Å². The summed E-state index contributed by atoms with van der Waals surface area (Å²) in [5.74, 6) is -1.25. The Morgan fingerprint density at radius 2 is 1.88 bits per heavy atom. The van der Waals surface area contributed by atoms with E-state index in [9.17, 15) is 19.5 Å². The van der Waals surface area contributed by atoms with Crippen molar-refractivity contribution in [2.75, 3.05) is 0 Å². The Hall–Kier alpha value is -2.67. The fourth-order valence-corrected chi connectivity index (χ4v) is 3.71. The Labute approximate surface area is 147 Å². The van der Waals surface area contributed by atoms with E-state index in [1.807, 2.05) is 24.3 Å². The second-order valence-electron chi connectivity index (χ2n) is 6.34. The van der Waals surface area contributed by atoms with Crippen LogP contribution in [0.4, 0.5) is 0 Å². The summed E-state index contributed by atoms with van der Waals surface area (Å²) in [7, 11) is 0. The van der Waals surface area contributed by atoms with Crippen molar-refractivity contribution in [1.29, 1.82) is 0 Å². The molecule has 3 aromatic rings. The van der Waals surface area contributed by atoms with Gasteiger partial charge in [0, 0.05) is 10.9 Å². The summed E-state index contributed by atoms with van der Waals surface area (Å²) in [6, 6.07) is 7.84. The molecule has 2 N–H and O–H groups in total. The van der Waals surface area contributed by atoms with Gasteiger partial charge in [0.25, 0.3) is 5.56 Å². The van der Waals surface area contributed by atoms with Crippen molar-refractivity contribution in [3.8, 4) is 11.1 Å². The topological polar surface area (TPSA) is 92.2 Å². The summed E-state index contributed by atoms with van der Waals surface area (Å²) in [6.07, 6.45) is 0.914. The number of hydrogen-bond acceptors (Lipinski definition) is 4. The van der Waals surface area contributed by atoms with Crippen LogP contribution in [0.15, 0.2) is 39.2 Å². The zero-order valence-corrected chi connectivity index (χ0v) is 14.9. The number of rotatable bonds is 4. The molecule has 0 atom stereocenters. The maximum atomic E-state index is 13.0. The predicted molar refractivity (Wildman–Crippen MR) is 98.5 cm³/mol. The summed E-state index contributed by atoms with van der Waals surface area (Å²) in [4.78, 5) is 39.8. The summed E-state index contributed by atoms with van der Waals surface area (Å²) in [5.41, 5.74) is -0.238. The largest absolute Gasteiger partial charge is 0.480 e. The van der Waals surface area contributed by atoms with Gasteiger partial charge in [-0.05, 0) is 31.4 Å². The number of thiophene rings is 1. The number of nitrogens with zero attached hydrogens (tertiary/aromatic N) is 1. The highest BCUT2D eigenvalue weighted by Crippen LogP contribution is 2.30. The van der Waals surface area contributed by atoms with Crippen molar-refractivity contribution in [2.24, 2.45) is 0 Å². The lowest BCUT2D eigenvalue weighted by atomic mass is 10.0. The van der Waals surface area contributed by atoms with Crippen LogP contribution >= 0.6 is 11.3 Å². The van der Waals surface area contributed by atoms with Crippen LogP contribution < -0.4 is 11.2 Å². The number of carboxylic acids is 1. The van der Waals surface area contributed by atoms with Crippen molar-refractivity contribution in [3.63, 3.8) is 0 Å². The fraction of sp³-hybridized carbons (Fsp3) is 0.278. The molecule has 7 heteroatoms. The second-order valence-corrected chi connectivity index (χ2v) is 7.22. The van der Waals surface area contributed by atoms with Crippen LogP contribution in [0, 0.1) is 0 Å². The summed E-state index contributed by atoms with van der Waals surface area (Å²) in [5, 5.41) is 11.5. The highest BCUT2D eigenvalue weighted by molar-refractivity contribution is 7.17. The third-order valence-electron chi connectivity index (χ3n) is 4.39. The average Bonchev–Trinajstić information content (AvgIpc) is 2.98. The normalized spacial score (nSPS) is 11.8. The number of benzene rings is 1. The standard InChI is InChI=1S/C18H18N2O4S/c1-4-10-5-7-11(8-6-10)12-9-25-14-13(12)15(21)20(17(24)19-14)18(2,3)16(22)23/h5-9H,4H2,1-3H3,(H,19,24)(H,22,23). The molecular formula is C18H18N2O4S. The van der Waals surface area contributed by atoms with Gasteiger partial charge in [0.2, 0.25) is 0 Å². The molecule has 130 valence electrons. The van der Waals surface area contributed by atoms with Gasteiger partial charge in [0.05, 0.1) is 5.39 Å². The number of hydrogen-bond donors (Lipinski definition) is 2. The van der Waals surface area contributed by atoms with Gasteiger partial charge in [-0.25, -0.2) is 14.2 Å². The number of carboxylic acid groups (broad SMARTS) is 1. The predicted octanol–water partition coefficient (Wildman–Crippen LogP) is 2.80. The maximum absolute atomic E-state index is 13.0. The molecule has 0 amide bonds. The van der Waals surface area contributed by atoms with Gasteiger partial charge in [0.15, 0.2) is 0 Å². The lowest BCUT2D eigenvalue weighted by molar-refractivity contribution is -0.146. The van der Waals surface area contributed by atoms with Crippen LogP contribution in [-0.4, -0.2) is 20.6 Å². The van der Waals surface area contributed by atoms with E-state index in [0.717, 1.165) is 16.6 Å². The Bertz CT molecular complexity index is 1070. The lowest BCUT2D eigenvalue weighted by Gasteiger charge is -2.21. The van der Waals surface area contributed by atoms with Gasteiger partial charge in [-0.2, -0.15) is 0 Å². The van der Waals surface area contributed by atoms with Gasteiger partial charge < -0.3 is 5.11 Å². The zero-order chi connectivity index (χ0) is 18.4. The highest BCUT2D eigenvalue weighted by atomic mass is 32.1. The number of carbonyl (C=O) groups is 1. The van der Waals surface area contributed by atoms with Gasteiger partial charge in [-0.3, -0.25) is 9.78 Å². The van der Waals surface area contributed by atoms with Crippen molar-refractivity contribution in [3.05, 3.63) is 56.0 Å². The van der Waals surface area contributed by atoms with E-state index in [4.69, 9.17) is 0 Å². The average molecular weight is 358 g/mol. The lowest BCUT2D eigenvalue weighted by Crippen LogP contribution is -2.50. The van der Waals surface area contributed by atoms with Crippen LogP contribution in [0.25, 0.3) is 21.3 Å². The van der Waals surface area contributed by atoms with Gasteiger partial charge >= 0.3 is 11.7 Å². The quantitative estimate of drug-likeness (QED) is 0.750. The minimum atomic E-state index is -1.65. The van der Waals surface area contributed by atoms with E-state index in [2.05, 4.69) is 11.9 Å². The van der Waals surface area contributed by atoms with Crippen molar-refractivity contribution in [2.45, 2.75) is 32.7 Å². The third-order valence-corrected chi connectivity index (χ3v) is 5.28. The monoisotopic (exact) mass is 358 g/mol. The van der Waals surface area contributed by atoms with Crippen LogP contribution in [0.1, 0.15) is 26.3 Å². The highest BCUT2D eigenvalue weighted by Gasteiger charge is 2.33. The minimum absolute atomic E-state index is 0.336. The molecule has 0 aliphatic rings. The molecule has 2 heterocycles. The molecule has 2 aromatic heterocycles. The fourth-order valence-electron chi connectivity index (χ4n) is 2.76. The second kappa shape index (κ2) is 6.00. The summed E-state index contributed by atoms with van der Waals surface area (Å²) < 4.78 is 0.772. The molecule has 0 bridgehead atoms. The Morgan fingerprint density at radius 3 is 2.44 bits per heavy atom. The minimum Gasteiger partial charge on any atom is -0.480 e. The number of nitrogens with one attached hydrogen (secondary N) is 1. The first-order valence-corrected chi connectivity index (χ1v) is 8.75. The Kier molecular flexibility index (Phi) is 4.12. The molecule has 0 unspecified atom stereocenters. The molecule has 0 radical (unpaired) electrons. The van der Waals surface area contributed by atoms with Crippen molar-refractivity contribution >= 4 is 27.5 Å². The Morgan fingerprint density at radius 1 is 1.24 bits per heavy atom. The number of aryl methyl sites for hydroxylation is 1. The van der Waals surface area contributed by atoms with Gasteiger partial charge in [0.1, 0.15) is 10.4 Å². The first kappa shape index (κ1) is 17.2. The molecule has 0 aliphatic heterocycles. The summed E-state index contributed by atoms with van der Waals surface area (Å²) in [6.45, 7) is 4.73. The maximum Gasteiger partial charge on any atom is 0.330 e. The SMILES string of the molecule is CCc1ccc(-c2csc3[nH]c(=O)n(C(C)(C)C(=O)O)c(=O)c23)cc1. The number of H-pyrrole nitrogens is 1. The van der Waals surface area contributed by atoms with Crippen LogP contribution in [-0.2, 0) is 16.8 Å². The molecule has 1 aromatic carbocycles. The van der Waals surface area contributed by atoms with E-state index >= 15 is 0 Å². The Balaban J connectivity index is 2.32. The van der Waals surface area contributed by atoms with Crippen molar-refractivity contribution in [1.82, 2.24) is 9.55 Å². The van der Waals surface area contributed by atoms with Gasteiger partial charge in [-0.15, -0.1) is 11.3 Å². The molecular weight excluding hydrogens is 340 g/mol. The van der Waals surface area contributed by atoms with E-state index < -0.39 is 22.8 Å². The molecule has 0 saturated carbocycles. The van der Waals surface area contributed by atoms with E-state index in [1.165, 1.54) is 30.7 Å². The zero-order valence-electron chi connectivity index (χ0n) is 14.1. The van der Waals surface area contributed by atoms with Crippen LogP contribution in [0.2, 0.25) is 0 Å². The molecule has 0 aliphatic carbocycles. The number of aliphatic carboxylic acids is 1.